The highest BCUT2D eigenvalue weighted by Gasteiger charge is 2.07. The lowest BCUT2D eigenvalue weighted by molar-refractivity contribution is 0.671. The van der Waals surface area contributed by atoms with Gasteiger partial charge in [0, 0.05) is 10.2 Å². The van der Waals surface area contributed by atoms with Crippen molar-refractivity contribution < 1.29 is 0 Å². The fourth-order valence-corrected chi connectivity index (χ4v) is 6.96. The third kappa shape index (κ3) is 9.79. The van der Waals surface area contributed by atoms with Crippen molar-refractivity contribution in [1.82, 2.24) is 0 Å². The molecule has 68 valence electrons. The summed E-state index contributed by atoms with van der Waals surface area (Å²) < 4.78 is 0. The average molecular weight is 369 g/mol. The van der Waals surface area contributed by atoms with Crippen molar-refractivity contribution in [3.8, 4) is 0 Å². The Bertz CT molecular complexity index is 87.8. The molecule has 4 heteroatoms. The lowest BCUT2D eigenvalue weighted by Gasteiger charge is -2.09. The summed E-state index contributed by atoms with van der Waals surface area (Å²) in [5.41, 5.74) is 0. The van der Waals surface area contributed by atoms with E-state index in [2.05, 4.69) is 53.8 Å². The smallest absolute Gasteiger partial charge is 0.0357 e. The summed E-state index contributed by atoms with van der Waals surface area (Å²) >= 11 is 10.7. The number of hydrogen-bond acceptors (Lipinski definition) is 0. The molecule has 0 aliphatic rings. The molecule has 0 bridgehead atoms. The fourth-order valence-electron chi connectivity index (χ4n) is 0.857. The minimum atomic E-state index is -0.0826. The normalized spacial score (nSPS) is 13.9. The van der Waals surface area contributed by atoms with E-state index in [1.165, 1.54) is 31.8 Å². The van der Waals surface area contributed by atoms with Crippen LogP contribution in [0.5, 0.6) is 0 Å². The minimum absolute atomic E-state index is 0.0826. The van der Waals surface area contributed by atoms with Gasteiger partial charge in [-0.15, -0.1) is 0 Å². The predicted octanol–water partition coefficient (Wildman–Crippen LogP) is 5.43. The van der Waals surface area contributed by atoms with Crippen LogP contribution < -0.4 is 0 Å². The van der Waals surface area contributed by atoms with Gasteiger partial charge in [0.2, 0.25) is 0 Å². The highest BCUT2D eigenvalue weighted by atomic mass is 79.9. The molecule has 11 heavy (non-hydrogen) atoms. The van der Waals surface area contributed by atoms with E-state index >= 15 is 0 Å². The molecule has 0 aromatic carbocycles. The quantitative estimate of drug-likeness (QED) is 0.333. The summed E-state index contributed by atoms with van der Waals surface area (Å²) in [7, 11) is 0. The largest absolute Gasteiger partial charge is 0.0886 e. The van der Waals surface area contributed by atoms with Crippen LogP contribution >= 0.6 is 52.2 Å². The van der Waals surface area contributed by atoms with Crippen LogP contribution in [-0.2, 0) is 0 Å². The van der Waals surface area contributed by atoms with Gasteiger partial charge >= 0.3 is 0 Å². The molecule has 0 fully saturated rings. The number of halogens is 3. The Morgan fingerprint density at radius 3 is 2.36 bits per heavy atom. The first kappa shape index (κ1) is 12.9. The van der Waals surface area contributed by atoms with E-state index in [4.69, 9.17) is 0 Å². The molecule has 0 aliphatic carbocycles. The predicted molar refractivity (Wildman–Crippen MR) is 66.5 cm³/mol. The van der Waals surface area contributed by atoms with Crippen molar-refractivity contribution in [2.24, 2.45) is 0 Å². The first-order chi connectivity index (χ1) is 5.16. The van der Waals surface area contributed by atoms with Crippen LogP contribution in [0.25, 0.3) is 0 Å². The number of hydrogen-bond donors (Lipinski definition) is 0. The van der Waals surface area contributed by atoms with Crippen LogP contribution in [0.1, 0.15) is 32.6 Å². The van der Waals surface area contributed by atoms with Gasteiger partial charge in [0.05, 0.1) is 0 Å². The van der Waals surface area contributed by atoms with Crippen molar-refractivity contribution in [2.45, 2.75) is 37.4 Å². The molecule has 0 aromatic heterocycles. The molecule has 0 N–H and O–H groups in total. The zero-order chi connectivity index (χ0) is 8.69. The van der Waals surface area contributed by atoms with Crippen LogP contribution in [0.2, 0.25) is 0 Å². The van der Waals surface area contributed by atoms with Crippen molar-refractivity contribution in [3.05, 3.63) is 0 Å². The van der Waals surface area contributed by atoms with Crippen molar-refractivity contribution in [2.75, 3.05) is 6.16 Å². The summed E-state index contributed by atoms with van der Waals surface area (Å²) in [6.45, 7) is 2.24. The SMILES string of the molecule is CCCCCC(Br)CP(Br)Br. The number of rotatable bonds is 6. The van der Waals surface area contributed by atoms with Crippen LogP contribution in [-0.4, -0.2) is 11.0 Å². The van der Waals surface area contributed by atoms with Gasteiger partial charge in [0.15, 0.2) is 0 Å². The monoisotopic (exact) mass is 366 g/mol. The molecule has 0 heterocycles. The number of alkyl halides is 1. The summed E-state index contributed by atoms with van der Waals surface area (Å²) in [5, 5.41) is -0.0826. The fraction of sp³-hybridized carbons (Fsp3) is 1.00. The maximum absolute atomic E-state index is 3.66. The Morgan fingerprint density at radius 1 is 1.27 bits per heavy atom. The van der Waals surface area contributed by atoms with E-state index in [1.807, 2.05) is 0 Å². The zero-order valence-electron chi connectivity index (χ0n) is 6.69. The second kappa shape index (κ2) is 8.47. The Morgan fingerprint density at radius 2 is 1.91 bits per heavy atom. The molecular formula is C7H14Br3P. The lowest BCUT2D eigenvalue weighted by Crippen LogP contribution is -1.99. The molecule has 0 rings (SSSR count). The molecule has 0 spiro atoms. The second-order valence-corrected chi connectivity index (χ2v) is 12.8. The van der Waals surface area contributed by atoms with E-state index in [9.17, 15) is 0 Å². The minimum Gasteiger partial charge on any atom is -0.0886 e. The molecule has 0 amide bonds. The van der Waals surface area contributed by atoms with Gasteiger partial charge < -0.3 is 0 Å². The Kier molecular flexibility index (Phi) is 9.91. The van der Waals surface area contributed by atoms with Gasteiger partial charge in [0.25, 0.3) is 0 Å². The van der Waals surface area contributed by atoms with Crippen molar-refractivity contribution in [3.63, 3.8) is 0 Å². The summed E-state index contributed by atoms with van der Waals surface area (Å²) in [4.78, 5) is 0.693. The molecule has 0 radical (unpaired) electrons. The van der Waals surface area contributed by atoms with E-state index in [1.54, 1.807) is 0 Å². The maximum atomic E-state index is 3.66. The van der Waals surface area contributed by atoms with E-state index in [0.29, 0.717) is 4.83 Å². The van der Waals surface area contributed by atoms with Gasteiger partial charge in [-0.05, 0) is 43.6 Å². The first-order valence-corrected chi connectivity index (χ1v) is 10.4. The summed E-state index contributed by atoms with van der Waals surface area (Å²) in [5.74, 6) is 0. The van der Waals surface area contributed by atoms with Crippen LogP contribution in [0.4, 0.5) is 0 Å². The zero-order valence-corrected chi connectivity index (χ0v) is 12.3. The number of unbranched alkanes of at least 4 members (excludes halogenated alkanes) is 2. The molecule has 1 unspecified atom stereocenters. The maximum Gasteiger partial charge on any atom is 0.0357 e. The van der Waals surface area contributed by atoms with E-state index < -0.39 is 0 Å². The lowest BCUT2D eigenvalue weighted by atomic mass is 10.2. The van der Waals surface area contributed by atoms with Gasteiger partial charge in [-0.3, -0.25) is 0 Å². The highest BCUT2D eigenvalue weighted by molar-refractivity contribution is 9.69. The molecule has 0 aliphatic heterocycles. The van der Waals surface area contributed by atoms with Crippen LogP contribution in [0.3, 0.4) is 0 Å². The Hall–Kier alpha value is 1.87. The average Bonchev–Trinajstić information content (AvgIpc) is 1.86. The topological polar surface area (TPSA) is 0 Å². The molecule has 0 aromatic rings. The second-order valence-electron chi connectivity index (χ2n) is 2.58. The third-order valence-corrected chi connectivity index (χ3v) is 5.19. The summed E-state index contributed by atoms with van der Waals surface area (Å²) in [6.07, 6.45) is 6.57. The van der Waals surface area contributed by atoms with Gasteiger partial charge in [-0.1, -0.05) is 42.1 Å². The molecule has 1 atom stereocenters. The van der Waals surface area contributed by atoms with Crippen molar-refractivity contribution >= 4 is 52.2 Å². The first-order valence-electron chi connectivity index (χ1n) is 3.90. The molecular weight excluding hydrogens is 355 g/mol. The van der Waals surface area contributed by atoms with Crippen LogP contribution in [0, 0.1) is 0 Å². The molecule has 0 nitrogen and oxygen atoms in total. The standard InChI is InChI=1S/C7H14Br3P/c1-2-3-4-5-7(8)6-11(9)10/h7H,2-6H2,1H3. The van der Waals surface area contributed by atoms with E-state index in [-0.39, 0.29) is 5.33 Å². The third-order valence-electron chi connectivity index (χ3n) is 1.46. The Labute approximate surface area is 95.3 Å². The van der Waals surface area contributed by atoms with Crippen LogP contribution in [0.15, 0.2) is 0 Å². The van der Waals surface area contributed by atoms with E-state index in [0.717, 1.165) is 0 Å². The van der Waals surface area contributed by atoms with Gasteiger partial charge in [-0.25, -0.2) is 0 Å². The van der Waals surface area contributed by atoms with Gasteiger partial charge in [-0.2, -0.15) is 0 Å². The molecule has 0 saturated carbocycles. The molecule has 0 saturated heterocycles. The highest BCUT2D eigenvalue weighted by Crippen LogP contribution is 2.53. The van der Waals surface area contributed by atoms with Crippen molar-refractivity contribution in [1.29, 1.82) is 0 Å². The summed E-state index contributed by atoms with van der Waals surface area (Å²) in [6, 6.07) is 0. The van der Waals surface area contributed by atoms with Gasteiger partial charge in [0.1, 0.15) is 0 Å². The Balaban J connectivity index is 3.15.